The zero-order valence-corrected chi connectivity index (χ0v) is 12.5. The van der Waals surface area contributed by atoms with Crippen LogP contribution in [0, 0.1) is 5.92 Å². The standard InChI is InChI=1S/C15H17N3O2S/c19-15(17-11-3-9-1-2-18(7-9)8-11)12-4-10-5-14(21)20-13(10)6-16-12/h4-6,9,11,21H,1-3,7-8H2,(H,17,19)/t9-,11+/m0/s1. The Morgan fingerprint density at radius 3 is 3.19 bits per heavy atom. The number of carbonyl (C=O) groups is 1. The third-order valence-electron chi connectivity index (χ3n) is 4.43. The molecule has 0 aromatic carbocycles. The van der Waals surface area contributed by atoms with Gasteiger partial charge in [-0.3, -0.25) is 4.79 Å². The minimum atomic E-state index is -0.105. The summed E-state index contributed by atoms with van der Waals surface area (Å²) in [6.07, 6.45) is 3.92. The lowest BCUT2D eigenvalue weighted by Gasteiger charge is -2.30. The normalized spacial score (nSPS) is 28.0. The first-order valence-corrected chi connectivity index (χ1v) is 7.74. The summed E-state index contributed by atoms with van der Waals surface area (Å²) in [6, 6.07) is 3.79. The summed E-state index contributed by atoms with van der Waals surface area (Å²) in [5.74, 6) is 0.631. The first-order chi connectivity index (χ1) is 10.2. The van der Waals surface area contributed by atoms with Crippen molar-refractivity contribution < 1.29 is 9.21 Å². The topological polar surface area (TPSA) is 58.4 Å². The minimum absolute atomic E-state index is 0.105. The molecule has 1 unspecified atom stereocenters. The summed E-state index contributed by atoms with van der Waals surface area (Å²) >= 11 is 4.16. The fourth-order valence-electron chi connectivity index (χ4n) is 3.48. The Balaban J connectivity index is 1.50. The van der Waals surface area contributed by atoms with Gasteiger partial charge in [0.2, 0.25) is 0 Å². The second-order valence-corrected chi connectivity index (χ2v) is 6.45. The van der Waals surface area contributed by atoms with E-state index < -0.39 is 0 Å². The molecule has 21 heavy (non-hydrogen) atoms. The highest BCUT2D eigenvalue weighted by atomic mass is 32.1. The molecule has 2 aliphatic heterocycles. The molecule has 2 aliphatic rings. The highest BCUT2D eigenvalue weighted by molar-refractivity contribution is 7.80. The molecule has 3 atom stereocenters. The highest BCUT2D eigenvalue weighted by Gasteiger charge is 2.33. The zero-order valence-electron chi connectivity index (χ0n) is 11.6. The molecule has 1 amide bonds. The van der Waals surface area contributed by atoms with E-state index in [9.17, 15) is 4.79 Å². The molecule has 5 nitrogen and oxygen atoms in total. The number of hydrogen-bond donors (Lipinski definition) is 2. The monoisotopic (exact) mass is 303 g/mol. The smallest absolute Gasteiger partial charge is 0.270 e. The lowest BCUT2D eigenvalue weighted by atomic mass is 9.97. The predicted octanol–water partition coefficient (Wildman–Crippen LogP) is 1.94. The van der Waals surface area contributed by atoms with E-state index in [2.05, 4.69) is 27.8 Å². The quantitative estimate of drug-likeness (QED) is 0.833. The number of thiol groups is 1. The summed E-state index contributed by atoms with van der Waals surface area (Å²) in [6.45, 7) is 3.31. The Morgan fingerprint density at radius 1 is 1.43 bits per heavy atom. The number of rotatable bonds is 2. The average Bonchev–Trinajstić information content (AvgIpc) is 2.99. The van der Waals surface area contributed by atoms with Crippen LogP contribution in [-0.4, -0.2) is 41.5 Å². The van der Waals surface area contributed by atoms with Crippen molar-refractivity contribution in [2.24, 2.45) is 5.92 Å². The number of pyridine rings is 1. The van der Waals surface area contributed by atoms with E-state index in [4.69, 9.17) is 4.42 Å². The number of aromatic nitrogens is 1. The van der Waals surface area contributed by atoms with Crippen molar-refractivity contribution in [2.45, 2.75) is 24.0 Å². The van der Waals surface area contributed by atoms with Gasteiger partial charge in [0.05, 0.1) is 6.20 Å². The largest absolute Gasteiger partial charge is 0.449 e. The first kappa shape index (κ1) is 13.2. The van der Waals surface area contributed by atoms with Gasteiger partial charge in [-0.25, -0.2) is 4.98 Å². The van der Waals surface area contributed by atoms with Crippen LogP contribution in [0.1, 0.15) is 23.3 Å². The zero-order chi connectivity index (χ0) is 14.4. The van der Waals surface area contributed by atoms with Crippen molar-refractivity contribution in [3.8, 4) is 0 Å². The summed E-state index contributed by atoms with van der Waals surface area (Å²) < 4.78 is 5.35. The van der Waals surface area contributed by atoms with Gasteiger partial charge in [0.15, 0.2) is 10.7 Å². The van der Waals surface area contributed by atoms with Gasteiger partial charge in [-0.2, -0.15) is 0 Å². The molecule has 2 fully saturated rings. The van der Waals surface area contributed by atoms with Crippen molar-refractivity contribution in [3.05, 3.63) is 24.0 Å². The van der Waals surface area contributed by atoms with Crippen LogP contribution in [0.3, 0.4) is 0 Å². The Hall–Kier alpha value is -1.53. The number of hydrogen-bond acceptors (Lipinski definition) is 5. The Labute approximate surface area is 128 Å². The molecule has 2 saturated heterocycles. The van der Waals surface area contributed by atoms with E-state index >= 15 is 0 Å². The first-order valence-electron chi connectivity index (χ1n) is 7.29. The van der Waals surface area contributed by atoms with Crippen LogP contribution < -0.4 is 5.32 Å². The van der Waals surface area contributed by atoms with E-state index in [1.165, 1.54) is 19.5 Å². The van der Waals surface area contributed by atoms with Gasteiger partial charge >= 0.3 is 0 Å². The molecule has 0 saturated carbocycles. The highest BCUT2D eigenvalue weighted by Crippen LogP contribution is 2.27. The number of furan rings is 1. The van der Waals surface area contributed by atoms with Gasteiger partial charge in [-0.15, -0.1) is 12.6 Å². The number of piperidine rings is 1. The molecule has 4 rings (SSSR count). The molecule has 0 aliphatic carbocycles. The van der Waals surface area contributed by atoms with Crippen molar-refractivity contribution in [3.63, 3.8) is 0 Å². The van der Waals surface area contributed by atoms with Crippen LogP contribution in [0.4, 0.5) is 0 Å². The van der Waals surface area contributed by atoms with E-state index in [1.54, 1.807) is 18.3 Å². The van der Waals surface area contributed by atoms with E-state index in [-0.39, 0.29) is 11.9 Å². The number of fused-ring (bicyclic) bond motifs is 3. The van der Waals surface area contributed by atoms with Crippen LogP contribution in [0.25, 0.3) is 11.0 Å². The maximum Gasteiger partial charge on any atom is 0.270 e. The molecule has 2 bridgehead atoms. The Kier molecular flexibility index (Phi) is 3.15. The summed E-state index contributed by atoms with van der Waals surface area (Å²) in [4.78, 5) is 19.0. The summed E-state index contributed by atoms with van der Waals surface area (Å²) in [5, 5.41) is 4.50. The molecular formula is C15H17N3O2S. The summed E-state index contributed by atoms with van der Waals surface area (Å²) in [5.41, 5.74) is 1.09. The number of carbonyl (C=O) groups excluding carboxylic acids is 1. The third kappa shape index (κ3) is 2.53. The third-order valence-corrected chi connectivity index (χ3v) is 4.65. The fraction of sp³-hybridized carbons (Fsp3) is 0.467. The number of nitrogens with zero attached hydrogens (tertiary/aromatic N) is 2. The van der Waals surface area contributed by atoms with E-state index in [0.717, 1.165) is 24.3 Å². The molecule has 2 aromatic rings. The molecule has 110 valence electrons. The number of amides is 1. The maximum atomic E-state index is 12.4. The molecule has 2 aromatic heterocycles. The van der Waals surface area contributed by atoms with Crippen molar-refractivity contribution in [1.82, 2.24) is 15.2 Å². The van der Waals surface area contributed by atoms with E-state index in [1.807, 2.05) is 0 Å². The second-order valence-electron chi connectivity index (χ2n) is 6.01. The Bertz CT molecular complexity index is 687. The minimum Gasteiger partial charge on any atom is -0.449 e. The van der Waals surface area contributed by atoms with Gasteiger partial charge in [-0.1, -0.05) is 0 Å². The van der Waals surface area contributed by atoms with Crippen LogP contribution in [-0.2, 0) is 0 Å². The lowest BCUT2D eigenvalue weighted by molar-refractivity contribution is 0.0904. The van der Waals surface area contributed by atoms with Crippen LogP contribution >= 0.6 is 12.6 Å². The van der Waals surface area contributed by atoms with Gasteiger partial charge < -0.3 is 14.6 Å². The van der Waals surface area contributed by atoms with Gasteiger partial charge in [0.1, 0.15) is 5.69 Å². The van der Waals surface area contributed by atoms with Crippen LogP contribution in [0.5, 0.6) is 0 Å². The van der Waals surface area contributed by atoms with Gasteiger partial charge in [-0.05, 0) is 37.4 Å². The van der Waals surface area contributed by atoms with Crippen LogP contribution in [0.2, 0.25) is 0 Å². The maximum absolute atomic E-state index is 12.4. The SMILES string of the molecule is O=C(N[C@@H]1C[C@@H]2CCN(C2)C1)c1cc2cc(S)oc2cn1. The molecule has 1 N–H and O–H groups in total. The molecular weight excluding hydrogens is 286 g/mol. The van der Waals surface area contributed by atoms with Gasteiger partial charge in [0.25, 0.3) is 5.91 Å². The molecule has 4 heterocycles. The van der Waals surface area contributed by atoms with Crippen molar-refractivity contribution in [2.75, 3.05) is 19.6 Å². The Morgan fingerprint density at radius 2 is 2.33 bits per heavy atom. The number of nitrogens with one attached hydrogen (secondary N) is 1. The second kappa shape index (κ2) is 5.03. The predicted molar refractivity (Wildman–Crippen MR) is 81.7 cm³/mol. The fourth-order valence-corrected chi connectivity index (χ4v) is 3.72. The van der Waals surface area contributed by atoms with E-state index in [0.29, 0.717) is 16.4 Å². The van der Waals surface area contributed by atoms with Crippen LogP contribution in [0.15, 0.2) is 27.8 Å². The summed E-state index contributed by atoms with van der Waals surface area (Å²) in [7, 11) is 0. The molecule has 0 spiro atoms. The average molecular weight is 303 g/mol. The van der Waals surface area contributed by atoms with Crippen molar-refractivity contribution >= 4 is 29.5 Å². The van der Waals surface area contributed by atoms with Crippen molar-refractivity contribution in [1.29, 1.82) is 0 Å². The molecule has 6 heteroatoms. The lowest BCUT2D eigenvalue weighted by Crippen LogP contribution is -2.47. The molecule has 0 radical (unpaired) electrons. The van der Waals surface area contributed by atoms with Gasteiger partial charge in [0, 0.05) is 24.5 Å².